The van der Waals surface area contributed by atoms with Crippen molar-refractivity contribution in [2.75, 3.05) is 13.1 Å². The van der Waals surface area contributed by atoms with Crippen LogP contribution in [-0.4, -0.2) is 23.8 Å². The van der Waals surface area contributed by atoms with Gasteiger partial charge in [0.05, 0.1) is 13.1 Å². The van der Waals surface area contributed by atoms with Crippen LogP contribution in [0.15, 0.2) is 0 Å². The van der Waals surface area contributed by atoms with Crippen LogP contribution in [0.5, 0.6) is 0 Å². The van der Waals surface area contributed by atoms with E-state index >= 15 is 0 Å². The van der Waals surface area contributed by atoms with Gasteiger partial charge in [-0.2, -0.15) is 0 Å². The Morgan fingerprint density at radius 3 is 2.11 bits per heavy atom. The zero-order chi connectivity index (χ0) is 6.91. The third-order valence-corrected chi connectivity index (χ3v) is 1.69. The third-order valence-electron chi connectivity index (χ3n) is 1.69. The van der Waals surface area contributed by atoms with Crippen LogP contribution in [0.3, 0.4) is 0 Å². The van der Waals surface area contributed by atoms with Crippen LogP contribution >= 0.6 is 0 Å². The summed E-state index contributed by atoms with van der Waals surface area (Å²) in [4.78, 5) is 10.4. The summed E-state index contributed by atoms with van der Waals surface area (Å²) in [5, 5.41) is 11.1. The lowest BCUT2D eigenvalue weighted by molar-refractivity contribution is -0.784. The summed E-state index contributed by atoms with van der Waals surface area (Å²) in [7, 11) is 0. The van der Waals surface area contributed by atoms with Gasteiger partial charge in [-0.1, -0.05) is 0 Å². The van der Waals surface area contributed by atoms with Gasteiger partial charge in [0.1, 0.15) is 0 Å². The number of hydroxylamine groups is 3. The largest absolute Gasteiger partial charge is 0.624 e. The van der Waals surface area contributed by atoms with Crippen molar-refractivity contribution in [3.8, 4) is 0 Å². The Morgan fingerprint density at radius 2 is 1.89 bits per heavy atom. The first kappa shape index (κ1) is 6.51. The normalized spacial score (nSPS) is 24.1. The lowest BCUT2D eigenvalue weighted by Gasteiger charge is -2.32. The number of primary amides is 1. The van der Waals surface area contributed by atoms with Gasteiger partial charge in [-0.3, -0.25) is 4.65 Å². The van der Waals surface area contributed by atoms with Gasteiger partial charge in [0.2, 0.25) is 0 Å². The van der Waals surface area contributed by atoms with E-state index in [0.29, 0.717) is 13.1 Å². The molecule has 1 fully saturated rings. The summed E-state index contributed by atoms with van der Waals surface area (Å²) in [5.74, 6) is 0. The van der Waals surface area contributed by atoms with E-state index in [1.54, 1.807) is 0 Å². The second kappa shape index (κ2) is 1.97. The predicted octanol–water partition coefficient (Wildman–Crippen LogP) is 0.173. The average molecular weight is 130 g/mol. The van der Waals surface area contributed by atoms with Gasteiger partial charge in [0.25, 0.3) is 0 Å². The highest BCUT2D eigenvalue weighted by atomic mass is 16.6. The lowest BCUT2D eigenvalue weighted by atomic mass is 10.4. The summed E-state index contributed by atoms with van der Waals surface area (Å²) >= 11 is 0. The molecular formula is C5H10N2O2. The van der Waals surface area contributed by atoms with Crippen LogP contribution in [0.25, 0.3) is 0 Å². The van der Waals surface area contributed by atoms with Crippen LogP contribution in [0.2, 0.25) is 0 Å². The molecule has 0 aliphatic carbocycles. The molecule has 4 nitrogen and oxygen atoms in total. The number of quaternary nitrogens is 1. The zero-order valence-corrected chi connectivity index (χ0v) is 5.17. The molecule has 9 heavy (non-hydrogen) atoms. The van der Waals surface area contributed by atoms with E-state index in [2.05, 4.69) is 0 Å². The van der Waals surface area contributed by atoms with Crippen molar-refractivity contribution in [1.82, 2.24) is 0 Å². The van der Waals surface area contributed by atoms with Crippen molar-refractivity contribution in [2.45, 2.75) is 12.8 Å². The van der Waals surface area contributed by atoms with Gasteiger partial charge >= 0.3 is 6.03 Å². The van der Waals surface area contributed by atoms with E-state index < -0.39 is 10.7 Å². The minimum Gasteiger partial charge on any atom is -0.624 e. The Kier molecular flexibility index (Phi) is 1.42. The van der Waals surface area contributed by atoms with E-state index in [4.69, 9.17) is 5.73 Å². The van der Waals surface area contributed by atoms with Crippen molar-refractivity contribution in [3.63, 3.8) is 0 Å². The summed E-state index contributed by atoms with van der Waals surface area (Å²) in [6.07, 6.45) is 1.65. The molecule has 0 atom stereocenters. The van der Waals surface area contributed by atoms with Gasteiger partial charge in [-0.15, -0.1) is 0 Å². The van der Waals surface area contributed by atoms with Gasteiger partial charge < -0.3 is 10.9 Å². The summed E-state index contributed by atoms with van der Waals surface area (Å²) < 4.78 is -0.806. The number of rotatable bonds is 0. The summed E-state index contributed by atoms with van der Waals surface area (Å²) in [6, 6.07) is -0.743. The summed E-state index contributed by atoms with van der Waals surface area (Å²) in [5.41, 5.74) is 4.85. The third kappa shape index (κ3) is 1.04. The molecule has 0 radical (unpaired) electrons. The zero-order valence-electron chi connectivity index (χ0n) is 5.17. The first-order chi connectivity index (χ1) is 4.15. The van der Waals surface area contributed by atoms with Crippen LogP contribution in [0.4, 0.5) is 4.79 Å². The number of urea groups is 1. The number of carbonyl (C=O) groups excluding carboxylic acids is 1. The second-order valence-electron chi connectivity index (χ2n) is 2.38. The van der Waals surface area contributed by atoms with Crippen molar-refractivity contribution < 1.29 is 9.44 Å². The molecule has 1 aliphatic heterocycles. The van der Waals surface area contributed by atoms with E-state index in [1.807, 2.05) is 0 Å². The molecule has 0 unspecified atom stereocenters. The number of nitrogens with zero attached hydrogens (tertiary/aromatic N) is 1. The fourth-order valence-electron chi connectivity index (χ4n) is 1.07. The molecule has 2 amide bonds. The van der Waals surface area contributed by atoms with Crippen LogP contribution in [-0.2, 0) is 0 Å². The van der Waals surface area contributed by atoms with Crippen molar-refractivity contribution in [2.24, 2.45) is 5.73 Å². The van der Waals surface area contributed by atoms with Gasteiger partial charge in [-0.05, 0) is 0 Å². The highest BCUT2D eigenvalue weighted by Gasteiger charge is 2.28. The lowest BCUT2D eigenvalue weighted by Crippen LogP contribution is -2.48. The Labute approximate surface area is 53.4 Å². The van der Waals surface area contributed by atoms with Gasteiger partial charge in [0, 0.05) is 12.8 Å². The number of nitrogens with two attached hydrogens (primary N) is 1. The van der Waals surface area contributed by atoms with E-state index in [1.165, 1.54) is 0 Å². The molecule has 0 bridgehead atoms. The molecule has 0 aromatic rings. The van der Waals surface area contributed by atoms with E-state index in [9.17, 15) is 10.0 Å². The standard InChI is InChI=1S/C5H10N2O2/c6-5(8)7(9)3-1-2-4-7/h1-4H2,(H2,6,8). The van der Waals surface area contributed by atoms with Crippen molar-refractivity contribution in [1.29, 1.82) is 0 Å². The number of carbonyl (C=O) groups is 1. The maximum Gasteiger partial charge on any atom is 0.414 e. The smallest absolute Gasteiger partial charge is 0.414 e. The number of likely N-dealkylation sites (tertiary alicyclic amines) is 1. The molecule has 2 N–H and O–H groups in total. The molecule has 1 heterocycles. The predicted molar refractivity (Wildman–Crippen MR) is 32.2 cm³/mol. The minimum absolute atomic E-state index is 0.370. The van der Waals surface area contributed by atoms with E-state index in [0.717, 1.165) is 12.8 Å². The number of hydrogen-bond donors (Lipinski definition) is 1. The van der Waals surface area contributed by atoms with E-state index in [-0.39, 0.29) is 0 Å². The highest BCUT2D eigenvalue weighted by molar-refractivity contribution is 5.64. The first-order valence-electron chi connectivity index (χ1n) is 3.03. The molecular weight excluding hydrogens is 120 g/mol. The molecule has 0 aromatic heterocycles. The van der Waals surface area contributed by atoms with Crippen LogP contribution in [0, 0.1) is 5.21 Å². The molecule has 0 saturated carbocycles. The summed E-state index contributed by atoms with van der Waals surface area (Å²) in [6.45, 7) is 0.741. The molecule has 0 spiro atoms. The molecule has 0 aromatic carbocycles. The Balaban J connectivity index is 2.61. The fourth-order valence-corrected chi connectivity index (χ4v) is 1.07. The Hall–Kier alpha value is -0.610. The molecule has 1 rings (SSSR count). The minimum atomic E-state index is -0.806. The monoisotopic (exact) mass is 130 g/mol. The van der Waals surface area contributed by atoms with Gasteiger partial charge in [-0.25, -0.2) is 4.79 Å². The first-order valence-corrected chi connectivity index (χ1v) is 3.03. The van der Waals surface area contributed by atoms with Gasteiger partial charge in [0.15, 0.2) is 0 Å². The molecule has 1 aliphatic rings. The highest BCUT2D eigenvalue weighted by Crippen LogP contribution is 2.16. The Morgan fingerprint density at radius 1 is 1.44 bits per heavy atom. The number of hydrogen-bond acceptors (Lipinski definition) is 2. The Bertz CT molecular complexity index is 129. The average Bonchev–Trinajstić information content (AvgIpc) is 2.16. The SMILES string of the molecule is NC(=O)[N+]1([O-])CCCC1. The molecule has 1 saturated heterocycles. The maximum absolute atomic E-state index is 11.1. The molecule has 52 valence electrons. The second-order valence-corrected chi connectivity index (χ2v) is 2.38. The topological polar surface area (TPSA) is 66.2 Å². The quantitative estimate of drug-likeness (QED) is 0.375. The van der Waals surface area contributed by atoms with Crippen LogP contribution < -0.4 is 5.73 Å². The number of amides is 2. The molecule has 4 heteroatoms. The van der Waals surface area contributed by atoms with Crippen molar-refractivity contribution in [3.05, 3.63) is 5.21 Å². The van der Waals surface area contributed by atoms with Crippen LogP contribution in [0.1, 0.15) is 12.8 Å². The van der Waals surface area contributed by atoms with Crippen molar-refractivity contribution >= 4 is 6.03 Å². The fraction of sp³-hybridized carbons (Fsp3) is 0.800. The maximum atomic E-state index is 11.1.